The summed E-state index contributed by atoms with van der Waals surface area (Å²) in [5.74, 6) is -0.612. The fraction of sp³-hybridized carbons (Fsp3) is 0.0714. The van der Waals surface area contributed by atoms with Crippen LogP contribution in [0, 0.1) is 0 Å². The molecule has 104 valence electrons. The van der Waals surface area contributed by atoms with Crippen LogP contribution < -0.4 is 5.43 Å². The Morgan fingerprint density at radius 3 is 2.50 bits per heavy atom. The van der Waals surface area contributed by atoms with E-state index in [1.54, 1.807) is 0 Å². The maximum absolute atomic E-state index is 9.75. The maximum atomic E-state index is 9.75. The molecule has 0 saturated heterocycles. The summed E-state index contributed by atoms with van der Waals surface area (Å²) in [6.07, 6.45) is 1.38. The number of benzene rings is 2. The van der Waals surface area contributed by atoms with E-state index in [-0.39, 0.29) is 21.5 Å². The van der Waals surface area contributed by atoms with Crippen molar-refractivity contribution in [3.63, 3.8) is 0 Å². The highest BCUT2D eigenvalue weighted by Gasteiger charge is 2.13. The molecule has 0 bridgehead atoms. The number of nitrogens with one attached hydrogen (secondary N) is 1. The molecule has 0 atom stereocenters. The van der Waals surface area contributed by atoms with Gasteiger partial charge in [0.2, 0.25) is 0 Å². The fourth-order valence-electron chi connectivity index (χ4n) is 1.56. The van der Waals surface area contributed by atoms with Gasteiger partial charge in [-0.05, 0) is 11.6 Å². The van der Waals surface area contributed by atoms with Crippen molar-refractivity contribution in [2.75, 3.05) is 0 Å². The largest absolute Gasteiger partial charge is 0.506 e. The molecule has 0 unspecified atom stereocenters. The van der Waals surface area contributed by atoms with Crippen molar-refractivity contribution in [2.45, 2.75) is 6.54 Å². The molecule has 2 aromatic rings. The van der Waals surface area contributed by atoms with Crippen LogP contribution in [0.15, 0.2) is 41.5 Å². The average Bonchev–Trinajstić information content (AvgIpc) is 2.47. The average molecular weight is 311 g/mol. The highest BCUT2D eigenvalue weighted by Crippen LogP contribution is 2.40. The van der Waals surface area contributed by atoms with Crippen LogP contribution in [-0.4, -0.2) is 16.4 Å². The lowest BCUT2D eigenvalue weighted by molar-refractivity contribution is 0.450. The molecular formula is C14H12Cl2N2O2. The van der Waals surface area contributed by atoms with E-state index in [0.29, 0.717) is 12.1 Å². The van der Waals surface area contributed by atoms with Gasteiger partial charge in [0.05, 0.1) is 17.8 Å². The van der Waals surface area contributed by atoms with Crippen LogP contribution in [0.4, 0.5) is 0 Å². The van der Waals surface area contributed by atoms with Gasteiger partial charge in [-0.2, -0.15) is 5.10 Å². The van der Waals surface area contributed by atoms with Gasteiger partial charge >= 0.3 is 0 Å². The molecule has 0 aromatic heterocycles. The number of nitrogens with zero attached hydrogens (tertiary/aromatic N) is 1. The standard InChI is InChI=1S/C14H12Cl2N2O2/c15-11-6-10(13(19)12(16)14(11)20)8-18-17-7-9-4-2-1-3-5-9/h1-6,8,17,19-20H,7H2. The highest BCUT2D eigenvalue weighted by atomic mass is 35.5. The van der Waals surface area contributed by atoms with E-state index >= 15 is 0 Å². The minimum absolute atomic E-state index is 0.0531. The third-order valence-electron chi connectivity index (χ3n) is 2.62. The Bertz CT molecular complexity index is 631. The zero-order chi connectivity index (χ0) is 14.5. The number of hydrazone groups is 1. The molecule has 0 heterocycles. The van der Waals surface area contributed by atoms with Crippen LogP contribution >= 0.6 is 23.2 Å². The zero-order valence-corrected chi connectivity index (χ0v) is 11.9. The van der Waals surface area contributed by atoms with E-state index in [1.807, 2.05) is 30.3 Å². The number of hydrogen-bond acceptors (Lipinski definition) is 4. The lowest BCUT2D eigenvalue weighted by Gasteiger charge is -2.06. The summed E-state index contributed by atoms with van der Waals surface area (Å²) < 4.78 is 0. The molecule has 0 aliphatic rings. The van der Waals surface area contributed by atoms with Crippen molar-refractivity contribution in [1.82, 2.24) is 5.43 Å². The quantitative estimate of drug-likeness (QED) is 0.598. The summed E-state index contributed by atoms with van der Waals surface area (Å²) in [5, 5.41) is 23.0. The summed E-state index contributed by atoms with van der Waals surface area (Å²) in [7, 11) is 0. The van der Waals surface area contributed by atoms with Crippen molar-refractivity contribution in [3.05, 3.63) is 57.6 Å². The first-order valence-electron chi connectivity index (χ1n) is 5.79. The van der Waals surface area contributed by atoms with Gasteiger partial charge in [-0.1, -0.05) is 53.5 Å². The summed E-state index contributed by atoms with van der Waals surface area (Å²) >= 11 is 11.5. The molecule has 20 heavy (non-hydrogen) atoms. The minimum atomic E-state index is -0.347. The van der Waals surface area contributed by atoms with Crippen molar-refractivity contribution in [1.29, 1.82) is 0 Å². The van der Waals surface area contributed by atoms with Crippen LogP contribution in [0.2, 0.25) is 10.0 Å². The third kappa shape index (κ3) is 3.35. The molecule has 2 rings (SSSR count). The van der Waals surface area contributed by atoms with Gasteiger partial charge in [-0.3, -0.25) is 0 Å². The summed E-state index contributed by atoms with van der Waals surface area (Å²) in [4.78, 5) is 0. The first kappa shape index (κ1) is 14.5. The van der Waals surface area contributed by atoms with Gasteiger partial charge in [-0.15, -0.1) is 0 Å². The van der Waals surface area contributed by atoms with Gasteiger partial charge in [-0.25, -0.2) is 0 Å². The molecule has 2 aromatic carbocycles. The van der Waals surface area contributed by atoms with Gasteiger partial charge in [0, 0.05) is 5.56 Å². The van der Waals surface area contributed by atoms with Crippen molar-refractivity contribution in [2.24, 2.45) is 5.10 Å². The van der Waals surface area contributed by atoms with Gasteiger partial charge in [0.1, 0.15) is 10.8 Å². The number of phenols is 2. The van der Waals surface area contributed by atoms with E-state index in [0.717, 1.165) is 5.56 Å². The highest BCUT2D eigenvalue weighted by molar-refractivity contribution is 6.38. The molecule has 0 aliphatic carbocycles. The Labute approximate surface area is 126 Å². The van der Waals surface area contributed by atoms with Crippen LogP contribution in [0.25, 0.3) is 0 Å². The Morgan fingerprint density at radius 2 is 1.80 bits per heavy atom. The molecule has 3 N–H and O–H groups in total. The second-order valence-electron chi connectivity index (χ2n) is 4.04. The molecule has 0 saturated carbocycles. The zero-order valence-electron chi connectivity index (χ0n) is 10.3. The SMILES string of the molecule is Oc1c(Cl)cc(C=NNCc2ccccc2)c(O)c1Cl. The van der Waals surface area contributed by atoms with E-state index < -0.39 is 0 Å². The first-order valence-corrected chi connectivity index (χ1v) is 6.55. The van der Waals surface area contributed by atoms with Crippen molar-refractivity contribution in [3.8, 4) is 11.5 Å². The second kappa shape index (κ2) is 6.50. The molecular weight excluding hydrogens is 299 g/mol. The fourth-order valence-corrected chi connectivity index (χ4v) is 2.03. The summed E-state index contributed by atoms with van der Waals surface area (Å²) in [5.41, 5.74) is 4.24. The molecule has 0 aliphatic heterocycles. The summed E-state index contributed by atoms with van der Waals surface area (Å²) in [6.45, 7) is 0.553. The van der Waals surface area contributed by atoms with Crippen molar-refractivity contribution < 1.29 is 10.2 Å². The Hall–Kier alpha value is -1.91. The number of phenolic OH excluding ortho intramolecular Hbond substituents is 2. The van der Waals surface area contributed by atoms with E-state index in [1.165, 1.54) is 12.3 Å². The molecule has 0 fully saturated rings. The smallest absolute Gasteiger partial charge is 0.156 e. The Morgan fingerprint density at radius 1 is 1.10 bits per heavy atom. The number of hydrogen-bond donors (Lipinski definition) is 3. The molecule has 0 spiro atoms. The predicted molar refractivity (Wildman–Crippen MR) is 80.7 cm³/mol. The topological polar surface area (TPSA) is 64.9 Å². The summed E-state index contributed by atoms with van der Waals surface area (Å²) in [6, 6.07) is 11.1. The van der Waals surface area contributed by atoms with Gasteiger partial charge in [0.15, 0.2) is 5.75 Å². The normalized spacial score (nSPS) is 10.9. The van der Waals surface area contributed by atoms with E-state index in [4.69, 9.17) is 23.2 Å². The van der Waals surface area contributed by atoms with Gasteiger partial charge in [0.25, 0.3) is 0 Å². The predicted octanol–water partition coefficient (Wildman–Crippen LogP) is 3.53. The minimum Gasteiger partial charge on any atom is -0.506 e. The maximum Gasteiger partial charge on any atom is 0.156 e. The van der Waals surface area contributed by atoms with Crippen LogP contribution in [-0.2, 0) is 6.54 Å². The lowest BCUT2D eigenvalue weighted by Crippen LogP contribution is -2.05. The van der Waals surface area contributed by atoms with Crippen molar-refractivity contribution >= 4 is 29.4 Å². The number of halogens is 2. The van der Waals surface area contributed by atoms with Crippen LogP contribution in [0.3, 0.4) is 0 Å². The first-order chi connectivity index (χ1) is 9.59. The molecule has 0 amide bonds. The number of rotatable bonds is 4. The third-order valence-corrected chi connectivity index (χ3v) is 3.26. The van der Waals surface area contributed by atoms with E-state index in [2.05, 4.69) is 10.5 Å². The molecule has 4 nitrogen and oxygen atoms in total. The van der Waals surface area contributed by atoms with Gasteiger partial charge < -0.3 is 15.6 Å². The Balaban J connectivity index is 2.05. The number of aromatic hydroxyl groups is 2. The molecule has 6 heteroatoms. The second-order valence-corrected chi connectivity index (χ2v) is 4.82. The monoisotopic (exact) mass is 310 g/mol. The Kier molecular flexibility index (Phi) is 4.71. The molecule has 0 radical (unpaired) electrons. The van der Waals surface area contributed by atoms with E-state index in [9.17, 15) is 10.2 Å². The van der Waals surface area contributed by atoms with Crippen LogP contribution in [0.5, 0.6) is 11.5 Å². The van der Waals surface area contributed by atoms with Crippen LogP contribution in [0.1, 0.15) is 11.1 Å². The lowest BCUT2D eigenvalue weighted by atomic mass is 10.2.